The molecule has 2 rings (SSSR count). The van der Waals surface area contributed by atoms with Gasteiger partial charge in [-0.2, -0.15) is 0 Å². The summed E-state index contributed by atoms with van der Waals surface area (Å²) in [5.74, 6) is -0.342. The second kappa shape index (κ2) is 5.76. The molecule has 0 fully saturated rings. The highest BCUT2D eigenvalue weighted by Crippen LogP contribution is 2.37. The first kappa shape index (κ1) is 15.4. The summed E-state index contributed by atoms with van der Waals surface area (Å²) in [6, 6.07) is 7.40. The van der Waals surface area contributed by atoms with Crippen LogP contribution in [0, 0.1) is 0 Å². The monoisotopic (exact) mass is 291 g/mol. The predicted octanol–water partition coefficient (Wildman–Crippen LogP) is 3.04. The number of rotatable bonds is 2. The van der Waals surface area contributed by atoms with Crippen LogP contribution in [0.3, 0.4) is 0 Å². The fourth-order valence-corrected chi connectivity index (χ4v) is 2.44. The summed E-state index contributed by atoms with van der Waals surface area (Å²) in [6.45, 7) is 5.92. The minimum Gasteiger partial charge on any atom is -0.469 e. The van der Waals surface area contributed by atoms with Gasteiger partial charge in [-0.1, -0.05) is 24.3 Å². The second-order valence-corrected chi connectivity index (χ2v) is 6.10. The van der Waals surface area contributed by atoms with Gasteiger partial charge in [-0.05, 0) is 31.9 Å². The van der Waals surface area contributed by atoms with Crippen molar-refractivity contribution in [1.82, 2.24) is 4.90 Å². The Labute approximate surface area is 124 Å². The maximum absolute atomic E-state index is 12.4. The Morgan fingerprint density at radius 3 is 2.57 bits per heavy atom. The van der Waals surface area contributed by atoms with E-state index < -0.39 is 11.7 Å². The number of hydrogen-bond acceptors (Lipinski definition) is 4. The Bertz CT molecular complexity index is 547. The average Bonchev–Trinajstić information content (AvgIpc) is 2.76. The highest BCUT2D eigenvalue weighted by Gasteiger charge is 2.37. The van der Waals surface area contributed by atoms with Gasteiger partial charge in [-0.25, -0.2) is 4.79 Å². The fourth-order valence-electron chi connectivity index (χ4n) is 2.44. The first-order chi connectivity index (χ1) is 9.81. The van der Waals surface area contributed by atoms with Gasteiger partial charge >= 0.3 is 12.1 Å². The third-order valence-corrected chi connectivity index (χ3v) is 3.35. The lowest BCUT2D eigenvalue weighted by Crippen LogP contribution is -2.36. The largest absolute Gasteiger partial charge is 0.469 e. The number of carbonyl (C=O) groups is 2. The molecule has 21 heavy (non-hydrogen) atoms. The van der Waals surface area contributed by atoms with Crippen LogP contribution < -0.4 is 0 Å². The number of methoxy groups -OCH3 is 1. The van der Waals surface area contributed by atoms with E-state index in [1.54, 1.807) is 4.90 Å². The molecule has 1 aromatic rings. The Balaban J connectivity index is 2.25. The van der Waals surface area contributed by atoms with Crippen molar-refractivity contribution in [1.29, 1.82) is 0 Å². The number of ether oxygens (including phenoxy) is 2. The molecule has 0 aliphatic carbocycles. The molecule has 0 radical (unpaired) electrons. The van der Waals surface area contributed by atoms with E-state index in [2.05, 4.69) is 0 Å². The van der Waals surface area contributed by atoms with Crippen molar-refractivity contribution in [3.05, 3.63) is 35.4 Å². The first-order valence-corrected chi connectivity index (χ1v) is 6.96. The fraction of sp³-hybridized carbons (Fsp3) is 0.500. The molecule has 0 N–H and O–H groups in total. The minimum atomic E-state index is -0.568. The summed E-state index contributed by atoms with van der Waals surface area (Å²) in [6.07, 6.45) is -0.278. The molecule has 1 aliphatic rings. The second-order valence-electron chi connectivity index (χ2n) is 6.10. The van der Waals surface area contributed by atoms with E-state index in [1.165, 1.54) is 7.11 Å². The zero-order chi connectivity index (χ0) is 15.6. The summed E-state index contributed by atoms with van der Waals surface area (Å²) >= 11 is 0. The van der Waals surface area contributed by atoms with Crippen LogP contribution in [-0.4, -0.2) is 29.7 Å². The third kappa shape index (κ3) is 3.54. The lowest BCUT2D eigenvalue weighted by atomic mass is 10.0. The van der Waals surface area contributed by atoms with E-state index in [4.69, 9.17) is 9.47 Å². The highest BCUT2D eigenvalue weighted by molar-refractivity contribution is 5.74. The zero-order valence-corrected chi connectivity index (χ0v) is 12.9. The van der Waals surface area contributed by atoms with Crippen molar-refractivity contribution in [2.75, 3.05) is 7.11 Å². The van der Waals surface area contributed by atoms with Crippen molar-refractivity contribution < 1.29 is 19.1 Å². The van der Waals surface area contributed by atoms with E-state index in [-0.39, 0.29) is 18.4 Å². The number of fused-ring (bicyclic) bond motifs is 1. The van der Waals surface area contributed by atoms with Crippen LogP contribution in [-0.2, 0) is 20.8 Å². The molecule has 1 atom stereocenters. The number of amides is 1. The maximum atomic E-state index is 12.4. The standard InChI is InChI=1S/C16H21NO4/c1-16(2,3)21-15(19)17-10-11-7-5-6-8-12(11)13(17)9-14(18)20-4/h5-8,13H,9-10H2,1-4H3/t13-/m0/s1. The van der Waals surface area contributed by atoms with Gasteiger partial charge in [0.1, 0.15) is 5.60 Å². The van der Waals surface area contributed by atoms with Gasteiger partial charge in [0.15, 0.2) is 0 Å². The number of carbonyl (C=O) groups excluding carboxylic acids is 2. The van der Waals surface area contributed by atoms with Crippen LogP contribution in [0.5, 0.6) is 0 Å². The van der Waals surface area contributed by atoms with Crippen LogP contribution in [0.25, 0.3) is 0 Å². The highest BCUT2D eigenvalue weighted by atomic mass is 16.6. The van der Waals surface area contributed by atoms with E-state index >= 15 is 0 Å². The van der Waals surface area contributed by atoms with E-state index in [1.807, 2.05) is 45.0 Å². The summed E-state index contributed by atoms with van der Waals surface area (Å²) in [7, 11) is 1.35. The molecular weight excluding hydrogens is 270 g/mol. The number of nitrogens with zero attached hydrogens (tertiary/aromatic N) is 1. The zero-order valence-electron chi connectivity index (χ0n) is 12.9. The Kier molecular flexibility index (Phi) is 4.21. The van der Waals surface area contributed by atoms with Crippen molar-refractivity contribution in [3.8, 4) is 0 Å². The summed E-state index contributed by atoms with van der Waals surface area (Å²) in [5, 5.41) is 0. The van der Waals surface area contributed by atoms with Crippen molar-refractivity contribution in [3.63, 3.8) is 0 Å². The van der Waals surface area contributed by atoms with E-state index in [9.17, 15) is 9.59 Å². The van der Waals surface area contributed by atoms with Gasteiger partial charge in [0.25, 0.3) is 0 Å². The normalized spacial score (nSPS) is 17.3. The molecule has 114 valence electrons. The van der Waals surface area contributed by atoms with Crippen LogP contribution in [0.15, 0.2) is 24.3 Å². The molecule has 1 heterocycles. The molecule has 5 nitrogen and oxygen atoms in total. The Morgan fingerprint density at radius 1 is 1.29 bits per heavy atom. The van der Waals surface area contributed by atoms with Gasteiger partial charge in [-0.3, -0.25) is 9.69 Å². The Morgan fingerprint density at radius 2 is 1.95 bits per heavy atom. The minimum absolute atomic E-state index is 0.132. The summed E-state index contributed by atoms with van der Waals surface area (Å²) in [4.78, 5) is 25.6. The van der Waals surface area contributed by atoms with E-state index in [0.717, 1.165) is 11.1 Å². The molecule has 0 aromatic heterocycles. The van der Waals surface area contributed by atoms with Gasteiger partial charge in [-0.15, -0.1) is 0 Å². The average molecular weight is 291 g/mol. The molecule has 5 heteroatoms. The van der Waals surface area contributed by atoms with Gasteiger partial charge in [0, 0.05) is 6.54 Å². The molecule has 0 spiro atoms. The molecule has 0 saturated carbocycles. The Hall–Kier alpha value is -2.04. The van der Waals surface area contributed by atoms with Crippen molar-refractivity contribution in [2.24, 2.45) is 0 Å². The smallest absolute Gasteiger partial charge is 0.411 e. The number of hydrogen-bond donors (Lipinski definition) is 0. The lowest BCUT2D eigenvalue weighted by Gasteiger charge is -2.28. The first-order valence-electron chi connectivity index (χ1n) is 6.96. The molecule has 1 aliphatic heterocycles. The third-order valence-electron chi connectivity index (χ3n) is 3.35. The topological polar surface area (TPSA) is 55.8 Å². The molecular formula is C16H21NO4. The SMILES string of the molecule is COC(=O)C[C@H]1c2ccccc2CN1C(=O)OC(C)(C)C. The molecule has 0 saturated heterocycles. The quantitative estimate of drug-likeness (QED) is 0.786. The molecule has 1 amide bonds. The van der Waals surface area contributed by atoms with Crippen LogP contribution in [0.4, 0.5) is 4.79 Å². The van der Waals surface area contributed by atoms with Gasteiger partial charge in [0.2, 0.25) is 0 Å². The molecule has 0 bridgehead atoms. The summed E-state index contributed by atoms with van der Waals surface area (Å²) in [5.41, 5.74) is 1.45. The van der Waals surface area contributed by atoms with Gasteiger partial charge < -0.3 is 9.47 Å². The molecule has 0 unspecified atom stereocenters. The van der Waals surface area contributed by atoms with Crippen LogP contribution >= 0.6 is 0 Å². The van der Waals surface area contributed by atoms with Crippen LogP contribution in [0.2, 0.25) is 0 Å². The van der Waals surface area contributed by atoms with Crippen molar-refractivity contribution >= 4 is 12.1 Å². The van der Waals surface area contributed by atoms with Crippen molar-refractivity contribution in [2.45, 2.75) is 45.4 Å². The maximum Gasteiger partial charge on any atom is 0.411 e. The lowest BCUT2D eigenvalue weighted by molar-refractivity contribution is -0.141. The number of benzene rings is 1. The van der Waals surface area contributed by atoms with E-state index in [0.29, 0.717) is 6.54 Å². The molecule has 1 aromatic carbocycles. The van der Waals surface area contributed by atoms with Gasteiger partial charge in [0.05, 0.1) is 19.6 Å². The number of esters is 1. The summed E-state index contributed by atoms with van der Waals surface area (Å²) < 4.78 is 10.2. The van der Waals surface area contributed by atoms with Crippen LogP contribution in [0.1, 0.15) is 44.4 Å². The predicted molar refractivity (Wildman–Crippen MR) is 77.6 cm³/mol.